The van der Waals surface area contributed by atoms with Gasteiger partial charge in [-0.1, -0.05) is 47.5 Å². The summed E-state index contributed by atoms with van der Waals surface area (Å²) in [6, 6.07) is 16.0. The first-order chi connectivity index (χ1) is 14.2. The van der Waals surface area contributed by atoms with Crippen LogP contribution in [0.2, 0.25) is 10.0 Å². The lowest BCUT2D eigenvalue weighted by Crippen LogP contribution is -2.26. The van der Waals surface area contributed by atoms with Crippen LogP contribution in [0.25, 0.3) is 0 Å². The maximum Gasteiger partial charge on any atom is 0.261 e. The first kappa shape index (κ1) is 22.1. The van der Waals surface area contributed by atoms with Crippen LogP contribution in [-0.4, -0.2) is 26.3 Å². The van der Waals surface area contributed by atoms with Gasteiger partial charge in [0.05, 0.1) is 20.6 Å². The van der Waals surface area contributed by atoms with Crippen molar-refractivity contribution in [1.29, 1.82) is 0 Å². The maximum absolute atomic E-state index is 13.7. The number of nitrogens with zero attached hydrogens (tertiary/aromatic N) is 1. The summed E-state index contributed by atoms with van der Waals surface area (Å²) in [6.07, 6.45) is 0. The van der Waals surface area contributed by atoms with Gasteiger partial charge in [-0.2, -0.15) is 0 Å². The number of amides is 1. The molecule has 0 saturated heterocycles. The quantitative estimate of drug-likeness (QED) is 0.542. The second-order valence-electron chi connectivity index (χ2n) is 6.48. The van der Waals surface area contributed by atoms with E-state index in [9.17, 15) is 17.6 Å². The van der Waals surface area contributed by atoms with Crippen LogP contribution >= 0.6 is 23.2 Å². The van der Waals surface area contributed by atoms with Gasteiger partial charge in [0, 0.05) is 19.2 Å². The highest BCUT2D eigenvalue weighted by Gasteiger charge is 2.19. The Hall–Kier alpha value is -2.61. The van der Waals surface area contributed by atoms with Crippen LogP contribution in [0, 0.1) is 5.82 Å². The molecule has 30 heavy (non-hydrogen) atoms. The highest BCUT2D eigenvalue weighted by Crippen LogP contribution is 2.27. The van der Waals surface area contributed by atoms with Crippen LogP contribution in [-0.2, 0) is 16.6 Å². The second kappa shape index (κ2) is 9.04. The number of carbonyl (C=O) groups excluding carboxylic acids is 1. The summed E-state index contributed by atoms with van der Waals surface area (Å²) in [5, 5.41) is 0.770. The van der Waals surface area contributed by atoms with Gasteiger partial charge in [-0.25, -0.2) is 12.8 Å². The summed E-state index contributed by atoms with van der Waals surface area (Å²) >= 11 is 12.2. The van der Waals surface area contributed by atoms with Gasteiger partial charge in [0.2, 0.25) is 0 Å². The number of rotatable bonds is 6. The summed E-state index contributed by atoms with van der Waals surface area (Å²) in [4.78, 5) is 14.0. The topological polar surface area (TPSA) is 66.5 Å². The average molecular weight is 467 g/mol. The van der Waals surface area contributed by atoms with E-state index in [1.807, 2.05) is 0 Å². The lowest BCUT2D eigenvalue weighted by molar-refractivity contribution is 0.0785. The Balaban J connectivity index is 1.75. The molecule has 0 radical (unpaired) electrons. The van der Waals surface area contributed by atoms with E-state index in [1.165, 1.54) is 47.4 Å². The Labute approximate surface area is 184 Å². The molecule has 0 fully saturated rings. The molecule has 3 rings (SSSR count). The van der Waals surface area contributed by atoms with Crippen molar-refractivity contribution in [3.8, 4) is 0 Å². The fourth-order valence-corrected chi connectivity index (χ4v) is 4.19. The van der Waals surface area contributed by atoms with Gasteiger partial charge in [0.15, 0.2) is 0 Å². The van der Waals surface area contributed by atoms with E-state index >= 15 is 0 Å². The van der Waals surface area contributed by atoms with E-state index in [0.29, 0.717) is 21.2 Å². The first-order valence-electron chi connectivity index (χ1n) is 8.75. The number of carbonyl (C=O) groups is 1. The molecule has 0 heterocycles. The van der Waals surface area contributed by atoms with Crippen molar-refractivity contribution in [3.63, 3.8) is 0 Å². The van der Waals surface area contributed by atoms with Crippen LogP contribution in [0.4, 0.5) is 10.1 Å². The van der Waals surface area contributed by atoms with Gasteiger partial charge >= 0.3 is 0 Å². The SMILES string of the molecule is CN(Cc1cccc(Cl)c1Cl)C(=O)c1ccc(S(=O)(=O)Nc2ccccc2F)cc1. The minimum absolute atomic E-state index is 0.0946. The molecule has 9 heteroatoms. The molecule has 0 aliphatic rings. The van der Waals surface area contributed by atoms with E-state index in [-0.39, 0.29) is 23.0 Å². The van der Waals surface area contributed by atoms with E-state index in [4.69, 9.17) is 23.2 Å². The zero-order valence-corrected chi connectivity index (χ0v) is 18.1. The van der Waals surface area contributed by atoms with Crippen molar-refractivity contribution in [2.24, 2.45) is 0 Å². The zero-order chi connectivity index (χ0) is 21.9. The van der Waals surface area contributed by atoms with Gasteiger partial charge in [-0.05, 0) is 48.0 Å². The van der Waals surface area contributed by atoms with Gasteiger partial charge in [0.1, 0.15) is 5.82 Å². The second-order valence-corrected chi connectivity index (χ2v) is 8.95. The lowest BCUT2D eigenvalue weighted by Gasteiger charge is -2.18. The van der Waals surface area contributed by atoms with Crippen molar-refractivity contribution in [3.05, 3.63) is 93.7 Å². The van der Waals surface area contributed by atoms with Gasteiger partial charge in [0.25, 0.3) is 15.9 Å². The molecule has 0 aliphatic heterocycles. The monoisotopic (exact) mass is 466 g/mol. The molecule has 156 valence electrons. The molecule has 0 aromatic heterocycles. The van der Waals surface area contributed by atoms with Crippen LogP contribution in [0.1, 0.15) is 15.9 Å². The third kappa shape index (κ3) is 4.92. The smallest absolute Gasteiger partial charge is 0.261 e. The standard InChI is InChI=1S/C21H17Cl2FN2O3S/c1-26(13-15-5-4-6-17(22)20(15)23)21(27)14-9-11-16(12-10-14)30(28,29)25-19-8-3-2-7-18(19)24/h2-12,25H,13H2,1H3. The number of anilines is 1. The number of hydrogen-bond donors (Lipinski definition) is 1. The number of hydrogen-bond acceptors (Lipinski definition) is 3. The number of para-hydroxylation sites is 1. The highest BCUT2D eigenvalue weighted by atomic mass is 35.5. The minimum atomic E-state index is -4.00. The van der Waals surface area contributed by atoms with Crippen LogP contribution in [0.5, 0.6) is 0 Å². The average Bonchev–Trinajstić information content (AvgIpc) is 2.72. The molecule has 0 aliphatic carbocycles. The summed E-state index contributed by atoms with van der Waals surface area (Å²) in [7, 11) is -2.40. The molecule has 0 bridgehead atoms. The predicted octanol–water partition coefficient (Wildman–Crippen LogP) is 5.21. The normalized spacial score (nSPS) is 11.2. The number of nitrogens with one attached hydrogen (secondary N) is 1. The van der Waals surface area contributed by atoms with E-state index in [0.717, 1.165) is 6.07 Å². The zero-order valence-electron chi connectivity index (χ0n) is 15.8. The van der Waals surface area contributed by atoms with Crippen LogP contribution in [0.3, 0.4) is 0 Å². The van der Waals surface area contributed by atoms with Crippen molar-refractivity contribution < 1.29 is 17.6 Å². The van der Waals surface area contributed by atoms with Gasteiger partial charge < -0.3 is 4.90 Å². The molecule has 0 atom stereocenters. The fourth-order valence-electron chi connectivity index (χ4n) is 2.74. The lowest BCUT2D eigenvalue weighted by atomic mass is 10.1. The van der Waals surface area contributed by atoms with E-state index in [2.05, 4.69) is 4.72 Å². The Morgan fingerprint density at radius 2 is 1.67 bits per heavy atom. The molecule has 0 spiro atoms. The van der Waals surface area contributed by atoms with Crippen molar-refractivity contribution >= 4 is 44.8 Å². The molecular weight excluding hydrogens is 450 g/mol. The summed E-state index contributed by atoms with van der Waals surface area (Å²) < 4.78 is 40.9. The molecular formula is C21H17Cl2FN2O3S. The summed E-state index contributed by atoms with van der Waals surface area (Å²) in [6.45, 7) is 0.229. The van der Waals surface area contributed by atoms with Crippen molar-refractivity contribution in [2.75, 3.05) is 11.8 Å². The van der Waals surface area contributed by atoms with Crippen LogP contribution < -0.4 is 4.72 Å². The Morgan fingerprint density at radius 3 is 2.33 bits per heavy atom. The maximum atomic E-state index is 13.7. The fraction of sp³-hybridized carbons (Fsp3) is 0.0952. The molecule has 5 nitrogen and oxygen atoms in total. The Bertz CT molecular complexity index is 1190. The molecule has 1 N–H and O–H groups in total. The van der Waals surface area contributed by atoms with Gasteiger partial charge in [-0.3, -0.25) is 9.52 Å². The first-order valence-corrected chi connectivity index (χ1v) is 11.0. The van der Waals surface area contributed by atoms with E-state index in [1.54, 1.807) is 25.2 Å². The minimum Gasteiger partial charge on any atom is -0.337 e. The summed E-state index contributed by atoms with van der Waals surface area (Å²) in [5.74, 6) is -1.01. The third-order valence-electron chi connectivity index (χ3n) is 4.32. The predicted molar refractivity (Wildman–Crippen MR) is 116 cm³/mol. The number of halogens is 3. The Kier molecular flexibility index (Phi) is 6.65. The van der Waals surface area contributed by atoms with Crippen molar-refractivity contribution in [2.45, 2.75) is 11.4 Å². The highest BCUT2D eigenvalue weighted by molar-refractivity contribution is 7.92. The molecule has 1 amide bonds. The van der Waals surface area contributed by atoms with Gasteiger partial charge in [-0.15, -0.1) is 0 Å². The van der Waals surface area contributed by atoms with E-state index < -0.39 is 15.8 Å². The molecule has 0 saturated carbocycles. The van der Waals surface area contributed by atoms with Crippen LogP contribution in [0.15, 0.2) is 71.6 Å². The Morgan fingerprint density at radius 1 is 1.00 bits per heavy atom. The molecule has 3 aromatic rings. The number of sulfonamides is 1. The third-order valence-corrected chi connectivity index (χ3v) is 6.55. The largest absolute Gasteiger partial charge is 0.337 e. The molecule has 3 aromatic carbocycles. The molecule has 0 unspecified atom stereocenters. The van der Waals surface area contributed by atoms with Crippen molar-refractivity contribution in [1.82, 2.24) is 4.90 Å². The summed E-state index contributed by atoms with van der Waals surface area (Å²) in [5.41, 5.74) is 0.824. The number of benzene rings is 3.